The topological polar surface area (TPSA) is 66.6 Å². The van der Waals surface area contributed by atoms with E-state index in [2.05, 4.69) is 10.4 Å². The van der Waals surface area contributed by atoms with Crippen LogP contribution in [-0.4, -0.2) is 20.7 Å². The molecule has 6 heteroatoms. The summed E-state index contributed by atoms with van der Waals surface area (Å²) in [7, 11) is 0. The predicted molar refractivity (Wildman–Crippen MR) is 80.9 cm³/mol. The monoisotopic (exact) mass is 301 g/mol. The molecule has 1 aromatic carbocycles. The van der Waals surface area contributed by atoms with Crippen LogP contribution in [0.4, 0.5) is 5.69 Å². The van der Waals surface area contributed by atoms with Crippen LogP contribution in [0.1, 0.15) is 15.9 Å². The fraction of sp³-hybridized carbons (Fsp3) is 0.0667. The highest BCUT2D eigenvalue weighted by atomic mass is 35.5. The molecule has 0 aliphatic heterocycles. The number of pyridine rings is 1. The van der Waals surface area contributed by atoms with Crippen molar-refractivity contribution in [2.45, 2.75) is 6.54 Å². The second-order valence-electron chi connectivity index (χ2n) is 4.55. The van der Waals surface area contributed by atoms with E-state index in [-0.39, 0.29) is 10.6 Å². The highest BCUT2D eigenvalue weighted by Crippen LogP contribution is 2.21. The molecule has 2 N–H and O–H groups in total. The maximum atomic E-state index is 11.1. The molecule has 0 spiro atoms. The van der Waals surface area contributed by atoms with Crippen molar-refractivity contribution in [1.29, 1.82) is 0 Å². The Balaban J connectivity index is 1.82. The number of nitrogens with one attached hydrogen (secondary N) is 1. The minimum Gasteiger partial charge on any atom is -0.478 e. The summed E-state index contributed by atoms with van der Waals surface area (Å²) in [5.41, 5.74) is 2.83. The Hall–Kier alpha value is -2.53. The molecule has 0 saturated carbocycles. The van der Waals surface area contributed by atoms with Gasteiger partial charge in [-0.05, 0) is 30.3 Å². The number of halogens is 1. The van der Waals surface area contributed by atoms with Crippen molar-refractivity contribution < 1.29 is 9.90 Å². The third-order valence-electron chi connectivity index (χ3n) is 3.19. The lowest BCUT2D eigenvalue weighted by atomic mass is 10.2. The van der Waals surface area contributed by atoms with Crippen molar-refractivity contribution in [2.24, 2.45) is 0 Å². The first-order valence-electron chi connectivity index (χ1n) is 6.33. The highest BCUT2D eigenvalue weighted by Gasteiger charge is 2.09. The standard InChI is InChI=1S/C15H12ClN3O2/c16-13-5-4-11(7-12(13)15(20)21)17-8-10-9-18-19-6-2-1-3-14(10)19/h1-7,9,17H,8H2,(H,20,21). The van der Waals surface area contributed by atoms with E-state index in [0.29, 0.717) is 12.2 Å². The zero-order valence-corrected chi connectivity index (χ0v) is 11.7. The zero-order chi connectivity index (χ0) is 14.8. The summed E-state index contributed by atoms with van der Waals surface area (Å²) in [5, 5.41) is 16.7. The van der Waals surface area contributed by atoms with Gasteiger partial charge in [0.15, 0.2) is 0 Å². The number of carboxylic acid groups (broad SMARTS) is 1. The second kappa shape index (κ2) is 5.46. The van der Waals surface area contributed by atoms with Gasteiger partial charge in [0, 0.05) is 24.0 Å². The lowest BCUT2D eigenvalue weighted by molar-refractivity contribution is 0.0697. The van der Waals surface area contributed by atoms with E-state index in [0.717, 1.165) is 11.1 Å². The molecule has 0 aliphatic rings. The van der Waals surface area contributed by atoms with Crippen LogP contribution >= 0.6 is 11.6 Å². The van der Waals surface area contributed by atoms with Gasteiger partial charge in [0.25, 0.3) is 0 Å². The molecule has 0 fully saturated rings. The van der Waals surface area contributed by atoms with Crippen LogP contribution in [0.5, 0.6) is 0 Å². The number of carbonyl (C=O) groups is 1. The lowest BCUT2D eigenvalue weighted by Gasteiger charge is -2.07. The van der Waals surface area contributed by atoms with Crippen molar-refractivity contribution in [1.82, 2.24) is 9.61 Å². The molecule has 21 heavy (non-hydrogen) atoms. The Morgan fingerprint density at radius 1 is 1.33 bits per heavy atom. The summed E-state index contributed by atoms with van der Waals surface area (Å²) in [6.07, 6.45) is 3.67. The number of hydrogen-bond acceptors (Lipinski definition) is 3. The van der Waals surface area contributed by atoms with Gasteiger partial charge in [-0.25, -0.2) is 9.31 Å². The molecule has 106 valence electrons. The van der Waals surface area contributed by atoms with E-state index < -0.39 is 5.97 Å². The van der Waals surface area contributed by atoms with Crippen LogP contribution < -0.4 is 5.32 Å². The molecule has 0 aliphatic carbocycles. The SMILES string of the molecule is O=C(O)c1cc(NCc2cnn3ccccc23)ccc1Cl. The summed E-state index contributed by atoms with van der Waals surface area (Å²) in [4.78, 5) is 11.1. The maximum Gasteiger partial charge on any atom is 0.337 e. The van der Waals surface area contributed by atoms with E-state index in [1.807, 2.05) is 24.4 Å². The molecule has 0 unspecified atom stereocenters. The number of rotatable bonds is 4. The van der Waals surface area contributed by atoms with E-state index in [4.69, 9.17) is 16.7 Å². The van der Waals surface area contributed by atoms with Gasteiger partial charge in [-0.1, -0.05) is 17.7 Å². The van der Waals surface area contributed by atoms with Crippen molar-refractivity contribution in [3.63, 3.8) is 0 Å². The first-order valence-corrected chi connectivity index (χ1v) is 6.71. The molecule has 5 nitrogen and oxygen atoms in total. The minimum absolute atomic E-state index is 0.0848. The Labute approximate surface area is 125 Å². The van der Waals surface area contributed by atoms with Gasteiger partial charge in [-0.3, -0.25) is 0 Å². The van der Waals surface area contributed by atoms with Gasteiger partial charge < -0.3 is 10.4 Å². The summed E-state index contributed by atoms with van der Waals surface area (Å²) >= 11 is 5.85. The fourth-order valence-corrected chi connectivity index (χ4v) is 2.32. The molecular formula is C15H12ClN3O2. The molecule has 0 saturated heterocycles. The molecule has 2 heterocycles. The molecule has 0 bridgehead atoms. The first-order chi connectivity index (χ1) is 10.1. The van der Waals surface area contributed by atoms with Gasteiger partial charge in [-0.15, -0.1) is 0 Å². The number of nitrogens with zero attached hydrogens (tertiary/aromatic N) is 2. The highest BCUT2D eigenvalue weighted by molar-refractivity contribution is 6.33. The maximum absolute atomic E-state index is 11.1. The Morgan fingerprint density at radius 2 is 2.19 bits per heavy atom. The normalized spacial score (nSPS) is 10.7. The molecule has 3 rings (SSSR count). The van der Waals surface area contributed by atoms with Crippen LogP contribution in [0.25, 0.3) is 5.52 Å². The summed E-state index contributed by atoms with van der Waals surface area (Å²) in [6, 6.07) is 10.7. The molecule has 0 atom stereocenters. The van der Waals surface area contributed by atoms with Crippen LogP contribution in [0, 0.1) is 0 Å². The third kappa shape index (κ3) is 2.68. The number of carboxylic acids is 1. The molecule has 0 amide bonds. The average molecular weight is 302 g/mol. The van der Waals surface area contributed by atoms with E-state index in [9.17, 15) is 4.79 Å². The summed E-state index contributed by atoms with van der Waals surface area (Å²) in [6.45, 7) is 0.550. The predicted octanol–water partition coefficient (Wildman–Crippen LogP) is 3.30. The van der Waals surface area contributed by atoms with E-state index >= 15 is 0 Å². The van der Waals surface area contributed by atoms with Crippen molar-refractivity contribution >= 4 is 28.8 Å². The van der Waals surface area contributed by atoms with Crippen molar-refractivity contribution in [2.75, 3.05) is 5.32 Å². The quantitative estimate of drug-likeness (QED) is 0.776. The Morgan fingerprint density at radius 3 is 3.00 bits per heavy atom. The Kier molecular flexibility index (Phi) is 3.50. The van der Waals surface area contributed by atoms with Crippen molar-refractivity contribution in [3.8, 4) is 0 Å². The van der Waals surface area contributed by atoms with Crippen LogP contribution in [0.3, 0.4) is 0 Å². The number of aromatic carboxylic acids is 1. The van der Waals surface area contributed by atoms with Crippen LogP contribution in [0.2, 0.25) is 5.02 Å². The number of benzene rings is 1. The van der Waals surface area contributed by atoms with Crippen molar-refractivity contribution in [3.05, 3.63) is 64.9 Å². The number of hydrogen-bond donors (Lipinski definition) is 2. The largest absolute Gasteiger partial charge is 0.478 e. The molecule has 2 aromatic heterocycles. The van der Waals surface area contributed by atoms with E-state index in [1.165, 1.54) is 6.07 Å². The van der Waals surface area contributed by atoms with Crippen LogP contribution in [-0.2, 0) is 6.54 Å². The minimum atomic E-state index is -1.04. The van der Waals surface area contributed by atoms with E-state index in [1.54, 1.807) is 22.8 Å². The second-order valence-corrected chi connectivity index (χ2v) is 4.96. The number of fused-ring (bicyclic) bond motifs is 1. The molecular weight excluding hydrogens is 290 g/mol. The summed E-state index contributed by atoms with van der Waals surface area (Å²) < 4.78 is 1.79. The van der Waals surface area contributed by atoms with Crippen LogP contribution in [0.15, 0.2) is 48.8 Å². The van der Waals surface area contributed by atoms with Gasteiger partial charge in [-0.2, -0.15) is 5.10 Å². The van der Waals surface area contributed by atoms with Gasteiger partial charge in [0.2, 0.25) is 0 Å². The lowest BCUT2D eigenvalue weighted by Crippen LogP contribution is -2.02. The third-order valence-corrected chi connectivity index (χ3v) is 3.52. The van der Waals surface area contributed by atoms with Gasteiger partial charge in [0.05, 0.1) is 22.3 Å². The fourth-order valence-electron chi connectivity index (χ4n) is 2.12. The Bertz CT molecular complexity index is 814. The summed E-state index contributed by atoms with van der Waals surface area (Å²) in [5.74, 6) is -1.04. The molecule has 3 aromatic rings. The number of anilines is 1. The molecule has 0 radical (unpaired) electrons. The first kappa shape index (κ1) is 13.5. The van der Waals surface area contributed by atoms with Gasteiger partial charge in [0.1, 0.15) is 0 Å². The smallest absolute Gasteiger partial charge is 0.337 e. The van der Waals surface area contributed by atoms with Gasteiger partial charge >= 0.3 is 5.97 Å². The zero-order valence-electron chi connectivity index (χ0n) is 11.0. The number of aromatic nitrogens is 2. The average Bonchev–Trinajstić information content (AvgIpc) is 2.89.